The fraction of sp³-hybridized carbons (Fsp3) is 0.278. The molecule has 134 valence electrons. The summed E-state index contributed by atoms with van der Waals surface area (Å²) < 4.78 is 16.2. The minimum Gasteiger partial charge on any atom is -0.493 e. The van der Waals surface area contributed by atoms with Crippen LogP contribution < -0.4 is 14.8 Å². The van der Waals surface area contributed by atoms with Crippen molar-refractivity contribution < 1.29 is 14.2 Å². The Bertz CT molecular complexity index is 740. The molecule has 0 fully saturated rings. The van der Waals surface area contributed by atoms with Crippen molar-refractivity contribution in [3.63, 3.8) is 0 Å². The quantitative estimate of drug-likeness (QED) is 0.522. The number of hydrogen-bond acceptors (Lipinski definition) is 4. The van der Waals surface area contributed by atoms with Crippen molar-refractivity contribution in [1.82, 2.24) is 5.32 Å². The van der Waals surface area contributed by atoms with Crippen molar-refractivity contribution in [2.75, 3.05) is 27.4 Å². The van der Waals surface area contributed by atoms with Crippen molar-refractivity contribution in [1.29, 1.82) is 0 Å². The summed E-state index contributed by atoms with van der Waals surface area (Å²) in [6.07, 6.45) is 0. The fourth-order valence-corrected chi connectivity index (χ4v) is 2.64. The SMILES string of the molecule is COCCNC(=S)c1ccc(OCc2ccc(Cl)c(Cl)c2)c(OC)c1. The van der Waals surface area contributed by atoms with Gasteiger partial charge in [-0.2, -0.15) is 0 Å². The molecule has 1 N–H and O–H groups in total. The van der Waals surface area contributed by atoms with Gasteiger partial charge in [0.2, 0.25) is 0 Å². The monoisotopic (exact) mass is 399 g/mol. The number of nitrogens with one attached hydrogen (secondary N) is 1. The lowest BCUT2D eigenvalue weighted by molar-refractivity contribution is 0.204. The summed E-state index contributed by atoms with van der Waals surface area (Å²) in [6, 6.07) is 10.9. The van der Waals surface area contributed by atoms with Crippen LogP contribution in [0.2, 0.25) is 10.0 Å². The van der Waals surface area contributed by atoms with Crippen LogP contribution in [-0.4, -0.2) is 32.4 Å². The Morgan fingerprint density at radius 1 is 1.04 bits per heavy atom. The van der Waals surface area contributed by atoms with E-state index >= 15 is 0 Å². The van der Waals surface area contributed by atoms with Gasteiger partial charge in [-0.05, 0) is 35.9 Å². The van der Waals surface area contributed by atoms with Gasteiger partial charge in [0.15, 0.2) is 11.5 Å². The first kappa shape index (κ1) is 19.8. The maximum Gasteiger partial charge on any atom is 0.161 e. The molecule has 0 unspecified atom stereocenters. The maximum atomic E-state index is 6.02. The summed E-state index contributed by atoms with van der Waals surface area (Å²) in [4.78, 5) is 0.631. The standard InChI is InChI=1S/C18H19Cl2NO3S/c1-22-8-7-21-18(25)13-4-6-16(17(10-13)23-2)24-11-12-3-5-14(19)15(20)9-12/h3-6,9-10H,7-8,11H2,1-2H3,(H,21,25). The molecular weight excluding hydrogens is 381 g/mol. The van der Waals surface area contributed by atoms with Gasteiger partial charge in [-0.15, -0.1) is 0 Å². The molecule has 0 heterocycles. The van der Waals surface area contributed by atoms with Gasteiger partial charge in [0.05, 0.1) is 23.8 Å². The molecule has 0 bridgehead atoms. The molecule has 25 heavy (non-hydrogen) atoms. The normalized spacial score (nSPS) is 10.4. The van der Waals surface area contributed by atoms with Crippen LogP contribution in [0, 0.1) is 0 Å². The summed E-state index contributed by atoms with van der Waals surface area (Å²) in [7, 11) is 3.24. The summed E-state index contributed by atoms with van der Waals surface area (Å²) >= 11 is 17.3. The smallest absolute Gasteiger partial charge is 0.161 e. The highest BCUT2D eigenvalue weighted by Crippen LogP contribution is 2.30. The summed E-state index contributed by atoms with van der Waals surface area (Å²) in [5, 5.41) is 4.14. The second kappa shape index (κ2) is 9.82. The third-order valence-electron chi connectivity index (χ3n) is 3.40. The molecule has 0 radical (unpaired) electrons. The Balaban J connectivity index is 2.05. The van der Waals surface area contributed by atoms with E-state index in [9.17, 15) is 0 Å². The van der Waals surface area contributed by atoms with E-state index in [1.54, 1.807) is 26.4 Å². The van der Waals surface area contributed by atoms with Crippen molar-refractivity contribution in [3.05, 3.63) is 57.6 Å². The third kappa shape index (κ3) is 5.75. The molecule has 2 aromatic rings. The zero-order valence-corrected chi connectivity index (χ0v) is 16.3. The first-order valence-electron chi connectivity index (χ1n) is 7.57. The zero-order chi connectivity index (χ0) is 18.2. The Morgan fingerprint density at radius 2 is 1.84 bits per heavy atom. The van der Waals surface area contributed by atoms with E-state index in [0.717, 1.165) is 11.1 Å². The molecular formula is C18H19Cl2NO3S. The molecule has 2 rings (SSSR count). The van der Waals surface area contributed by atoms with E-state index < -0.39 is 0 Å². The van der Waals surface area contributed by atoms with E-state index in [1.807, 2.05) is 24.3 Å². The summed E-state index contributed by atoms with van der Waals surface area (Å²) in [5.74, 6) is 1.23. The molecule has 0 aromatic heterocycles. The molecule has 4 nitrogen and oxygen atoms in total. The van der Waals surface area contributed by atoms with Crippen LogP contribution in [-0.2, 0) is 11.3 Å². The molecule has 0 spiro atoms. The number of benzene rings is 2. The molecule has 7 heteroatoms. The molecule has 0 aliphatic carbocycles. The van der Waals surface area contributed by atoms with E-state index in [0.29, 0.717) is 46.3 Å². The number of thiocarbonyl (C=S) groups is 1. The van der Waals surface area contributed by atoms with E-state index in [-0.39, 0.29) is 0 Å². The van der Waals surface area contributed by atoms with Crippen LogP contribution in [0.15, 0.2) is 36.4 Å². The van der Waals surface area contributed by atoms with Gasteiger partial charge in [0.1, 0.15) is 11.6 Å². The van der Waals surface area contributed by atoms with Crippen LogP contribution in [0.25, 0.3) is 0 Å². The van der Waals surface area contributed by atoms with Crippen molar-refractivity contribution in [3.8, 4) is 11.5 Å². The topological polar surface area (TPSA) is 39.7 Å². The Hall–Kier alpha value is -1.53. The third-order valence-corrected chi connectivity index (χ3v) is 4.51. The van der Waals surface area contributed by atoms with Gasteiger partial charge in [0, 0.05) is 19.2 Å². The minimum absolute atomic E-state index is 0.350. The fourth-order valence-electron chi connectivity index (χ4n) is 2.09. The number of hydrogen-bond donors (Lipinski definition) is 1. The highest BCUT2D eigenvalue weighted by molar-refractivity contribution is 7.80. The van der Waals surface area contributed by atoms with Crippen LogP contribution in [0.5, 0.6) is 11.5 Å². The summed E-state index contributed by atoms with van der Waals surface area (Å²) in [6.45, 7) is 1.58. The number of halogens is 2. The van der Waals surface area contributed by atoms with E-state index in [4.69, 9.17) is 49.6 Å². The Morgan fingerprint density at radius 3 is 2.52 bits per heavy atom. The second-order valence-electron chi connectivity index (χ2n) is 5.15. The lowest BCUT2D eigenvalue weighted by Gasteiger charge is -2.14. The predicted octanol–water partition coefficient (Wildman–Crippen LogP) is 4.49. The lowest BCUT2D eigenvalue weighted by atomic mass is 10.2. The van der Waals surface area contributed by atoms with Gasteiger partial charge >= 0.3 is 0 Å². The van der Waals surface area contributed by atoms with Crippen molar-refractivity contribution >= 4 is 40.4 Å². The van der Waals surface area contributed by atoms with Crippen LogP contribution >= 0.6 is 35.4 Å². The number of ether oxygens (including phenoxy) is 3. The molecule has 0 saturated carbocycles. The number of rotatable bonds is 8. The van der Waals surface area contributed by atoms with Gasteiger partial charge < -0.3 is 19.5 Å². The highest BCUT2D eigenvalue weighted by atomic mass is 35.5. The van der Waals surface area contributed by atoms with Gasteiger partial charge in [0.25, 0.3) is 0 Å². The van der Waals surface area contributed by atoms with Crippen LogP contribution in [0.1, 0.15) is 11.1 Å². The average molecular weight is 400 g/mol. The first-order valence-corrected chi connectivity index (χ1v) is 8.73. The molecule has 0 atom stereocenters. The largest absolute Gasteiger partial charge is 0.493 e. The second-order valence-corrected chi connectivity index (χ2v) is 6.37. The average Bonchev–Trinajstić information content (AvgIpc) is 2.62. The molecule has 0 saturated heterocycles. The predicted molar refractivity (Wildman–Crippen MR) is 105 cm³/mol. The minimum atomic E-state index is 0.350. The van der Waals surface area contributed by atoms with Crippen molar-refractivity contribution in [2.45, 2.75) is 6.61 Å². The Kier molecular flexibility index (Phi) is 7.78. The zero-order valence-electron chi connectivity index (χ0n) is 14.0. The van der Waals surface area contributed by atoms with Crippen molar-refractivity contribution in [2.24, 2.45) is 0 Å². The van der Waals surface area contributed by atoms with Gasteiger partial charge in [-0.25, -0.2) is 0 Å². The number of methoxy groups -OCH3 is 2. The van der Waals surface area contributed by atoms with Crippen LogP contribution in [0.3, 0.4) is 0 Å². The molecule has 0 amide bonds. The van der Waals surface area contributed by atoms with Gasteiger partial charge in [-0.3, -0.25) is 0 Å². The van der Waals surface area contributed by atoms with E-state index in [1.165, 1.54) is 0 Å². The Labute approximate surface area is 163 Å². The lowest BCUT2D eigenvalue weighted by Crippen LogP contribution is -2.26. The van der Waals surface area contributed by atoms with Gasteiger partial charge in [-0.1, -0.05) is 41.5 Å². The molecule has 0 aliphatic rings. The van der Waals surface area contributed by atoms with E-state index in [2.05, 4.69) is 5.32 Å². The highest BCUT2D eigenvalue weighted by Gasteiger charge is 2.09. The molecule has 0 aliphatic heterocycles. The maximum absolute atomic E-state index is 6.02. The summed E-state index contributed by atoms with van der Waals surface area (Å²) in [5.41, 5.74) is 1.77. The van der Waals surface area contributed by atoms with Crippen LogP contribution in [0.4, 0.5) is 0 Å². The molecule has 2 aromatic carbocycles. The first-order chi connectivity index (χ1) is 12.0.